The first kappa shape index (κ1) is 17.9. The molecule has 2 aromatic carbocycles. The highest BCUT2D eigenvalue weighted by Gasteiger charge is 2.18. The van der Waals surface area contributed by atoms with Crippen LogP contribution < -0.4 is 5.32 Å². The first-order valence-electron chi connectivity index (χ1n) is 8.58. The lowest BCUT2D eigenvalue weighted by atomic mass is 10.0. The van der Waals surface area contributed by atoms with E-state index in [1.165, 1.54) is 5.56 Å². The first-order valence-corrected chi connectivity index (χ1v) is 8.58. The van der Waals surface area contributed by atoms with Gasteiger partial charge in [-0.05, 0) is 26.6 Å². The Morgan fingerprint density at radius 3 is 2.46 bits per heavy atom. The van der Waals surface area contributed by atoms with Crippen LogP contribution in [0.15, 0.2) is 65.2 Å². The van der Waals surface area contributed by atoms with Crippen molar-refractivity contribution in [1.29, 1.82) is 0 Å². The number of hydrogen-bond donors (Lipinski definition) is 1. The predicted octanol–water partition coefficient (Wildman–Crippen LogP) is 3.68. The molecule has 0 aliphatic rings. The van der Waals surface area contributed by atoms with Crippen molar-refractivity contribution >= 4 is 5.91 Å². The molecule has 0 fully saturated rings. The van der Waals surface area contributed by atoms with Crippen LogP contribution in [0.1, 0.15) is 27.7 Å². The molecule has 1 unspecified atom stereocenters. The van der Waals surface area contributed by atoms with Gasteiger partial charge in [-0.3, -0.25) is 4.79 Å². The molecule has 0 saturated heterocycles. The molecule has 0 spiro atoms. The average molecular weight is 349 g/mol. The Kier molecular flexibility index (Phi) is 5.49. The first-order chi connectivity index (χ1) is 12.5. The second-order valence-corrected chi connectivity index (χ2v) is 6.54. The molecule has 3 aromatic rings. The highest BCUT2D eigenvalue weighted by Crippen LogP contribution is 2.20. The molecule has 0 aliphatic carbocycles. The van der Waals surface area contributed by atoms with Crippen LogP contribution >= 0.6 is 0 Å². The van der Waals surface area contributed by atoms with Gasteiger partial charge in [0.25, 0.3) is 5.91 Å². The molecule has 1 heterocycles. The van der Waals surface area contributed by atoms with E-state index >= 15 is 0 Å². The van der Waals surface area contributed by atoms with Crippen LogP contribution in [0, 0.1) is 6.92 Å². The lowest BCUT2D eigenvalue weighted by Crippen LogP contribution is -2.34. The summed E-state index contributed by atoms with van der Waals surface area (Å²) in [6, 6.07) is 19.7. The van der Waals surface area contributed by atoms with Crippen molar-refractivity contribution in [3.8, 4) is 11.3 Å². The molecular formula is C21H23N3O2. The van der Waals surface area contributed by atoms with E-state index in [1.54, 1.807) is 6.07 Å². The second-order valence-electron chi connectivity index (χ2n) is 6.54. The van der Waals surface area contributed by atoms with Crippen LogP contribution in [0.3, 0.4) is 0 Å². The van der Waals surface area contributed by atoms with Gasteiger partial charge in [0.2, 0.25) is 0 Å². The maximum absolute atomic E-state index is 12.4. The summed E-state index contributed by atoms with van der Waals surface area (Å²) in [6.07, 6.45) is 0. The number of nitrogens with one attached hydrogen (secondary N) is 1. The molecule has 5 heteroatoms. The molecule has 1 N–H and O–H groups in total. The van der Waals surface area contributed by atoms with Gasteiger partial charge in [-0.15, -0.1) is 0 Å². The summed E-state index contributed by atoms with van der Waals surface area (Å²) in [7, 11) is 4.00. The van der Waals surface area contributed by atoms with Crippen molar-refractivity contribution in [2.24, 2.45) is 0 Å². The number of carbonyl (C=O) groups is 1. The highest BCUT2D eigenvalue weighted by atomic mass is 16.5. The number of benzene rings is 2. The zero-order valence-corrected chi connectivity index (χ0v) is 15.3. The van der Waals surface area contributed by atoms with E-state index < -0.39 is 0 Å². The Hall–Kier alpha value is -2.92. The average Bonchev–Trinajstić information content (AvgIpc) is 3.14. The fourth-order valence-corrected chi connectivity index (χ4v) is 2.79. The topological polar surface area (TPSA) is 58.4 Å². The van der Waals surface area contributed by atoms with E-state index in [4.69, 9.17) is 4.52 Å². The van der Waals surface area contributed by atoms with Crippen molar-refractivity contribution in [3.63, 3.8) is 0 Å². The minimum atomic E-state index is -0.241. The third kappa shape index (κ3) is 4.18. The summed E-state index contributed by atoms with van der Waals surface area (Å²) in [5.41, 5.74) is 3.55. The van der Waals surface area contributed by atoms with Crippen molar-refractivity contribution in [1.82, 2.24) is 15.4 Å². The fourth-order valence-electron chi connectivity index (χ4n) is 2.79. The van der Waals surface area contributed by atoms with E-state index in [2.05, 4.69) is 46.6 Å². The lowest BCUT2D eigenvalue weighted by Gasteiger charge is -2.25. The van der Waals surface area contributed by atoms with Crippen molar-refractivity contribution in [2.45, 2.75) is 13.0 Å². The minimum Gasteiger partial charge on any atom is -0.355 e. The number of nitrogens with zero attached hydrogens (tertiary/aromatic N) is 2. The van der Waals surface area contributed by atoms with Gasteiger partial charge >= 0.3 is 0 Å². The number of rotatable bonds is 6. The third-order valence-corrected chi connectivity index (χ3v) is 4.34. The quantitative estimate of drug-likeness (QED) is 0.737. The van der Waals surface area contributed by atoms with Crippen LogP contribution in [0.25, 0.3) is 11.3 Å². The molecule has 3 rings (SSSR count). The number of likely N-dealkylation sites (N-methyl/N-ethyl adjacent to an activating group) is 1. The molecule has 1 aromatic heterocycles. The Balaban J connectivity index is 1.67. The van der Waals surface area contributed by atoms with Crippen LogP contribution in [0.5, 0.6) is 0 Å². The highest BCUT2D eigenvalue weighted by molar-refractivity contribution is 5.93. The van der Waals surface area contributed by atoms with Crippen LogP contribution in [-0.2, 0) is 0 Å². The van der Waals surface area contributed by atoms with E-state index in [-0.39, 0.29) is 17.6 Å². The Morgan fingerprint density at radius 1 is 1.12 bits per heavy atom. The summed E-state index contributed by atoms with van der Waals surface area (Å²) < 4.78 is 5.30. The third-order valence-electron chi connectivity index (χ3n) is 4.34. The smallest absolute Gasteiger partial charge is 0.273 e. The van der Waals surface area contributed by atoms with E-state index in [9.17, 15) is 4.79 Å². The molecule has 0 aliphatic heterocycles. The molecule has 0 radical (unpaired) electrons. The monoisotopic (exact) mass is 349 g/mol. The second kappa shape index (κ2) is 7.97. The molecule has 5 nitrogen and oxygen atoms in total. The minimum absolute atomic E-state index is 0.0834. The van der Waals surface area contributed by atoms with E-state index in [0.29, 0.717) is 12.3 Å². The largest absolute Gasteiger partial charge is 0.355 e. The van der Waals surface area contributed by atoms with E-state index in [0.717, 1.165) is 11.1 Å². The lowest BCUT2D eigenvalue weighted by molar-refractivity contribution is 0.0933. The molecule has 134 valence electrons. The Morgan fingerprint density at radius 2 is 1.81 bits per heavy atom. The molecular weight excluding hydrogens is 326 g/mol. The van der Waals surface area contributed by atoms with Gasteiger partial charge in [-0.25, -0.2) is 0 Å². The Bertz CT molecular complexity index is 854. The molecule has 1 atom stereocenters. The molecule has 0 saturated carbocycles. The maximum Gasteiger partial charge on any atom is 0.273 e. The van der Waals surface area contributed by atoms with Crippen molar-refractivity contribution in [3.05, 3.63) is 77.5 Å². The summed E-state index contributed by atoms with van der Waals surface area (Å²) in [4.78, 5) is 14.5. The van der Waals surface area contributed by atoms with Crippen molar-refractivity contribution in [2.75, 3.05) is 20.6 Å². The molecule has 26 heavy (non-hydrogen) atoms. The number of aromatic nitrogens is 1. The van der Waals surface area contributed by atoms with Gasteiger partial charge in [0.1, 0.15) is 0 Å². The normalized spacial score (nSPS) is 12.2. The predicted molar refractivity (Wildman–Crippen MR) is 102 cm³/mol. The zero-order chi connectivity index (χ0) is 18.5. The van der Waals surface area contributed by atoms with Gasteiger partial charge in [0, 0.05) is 18.2 Å². The Labute approximate surface area is 153 Å². The van der Waals surface area contributed by atoms with Gasteiger partial charge in [0.05, 0.1) is 6.04 Å². The molecule has 0 bridgehead atoms. The summed E-state index contributed by atoms with van der Waals surface area (Å²) >= 11 is 0. The van der Waals surface area contributed by atoms with Gasteiger partial charge in [-0.1, -0.05) is 65.3 Å². The number of carbonyl (C=O) groups excluding carboxylic acids is 1. The summed E-state index contributed by atoms with van der Waals surface area (Å²) in [5, 5.41) is 6.85. The SMILES string of the molecule is Cc1ccc(C(CNC(=O)c2cc(-c3ccccc3)on2)N(C)C)cc1. The van der Waals surface area contributed by atoms with Crippen LogP contribution in [0.4, 0.5) is 0 Å². The number of amides is 1. The fraction of sp³-hybridized carbons (Fsp3) is 0.238. The van der Waals surface area contributed by atoms with Crippen molar-refractivity contribution < 1.29 is 9.32 Å². The van der Waals surface area contributed by atoms with Crippen LogP contribution in [-0.4, -0.2) is 36.6 Å². The van der Waals surface area contributed by atoms with E-state index in [1.807, 2.05) is 44.4 Å². The van der Waals surface area contributed by atoms with Gasteiger partial charge in [0.15, 0.2) is 11.5 Å². The zero-order valence-electron chi connectivity index (χ0n) is 15.3. The maximum atomic E-state index is 12.4. The molecule has 1 amide bonds. The van der Waals surface area contributed by atoms with Gasteiger partial charge in [-0.2, -0.15) is 0 Å². The standard InChI is InChI=1S/C21H23N3O2/c1-15-9-11-16(12-10-15)19(24(2)3)14-22-21(25)18-13-20(26-23-18)17-7-5-4-6-8-17/h4-13,19H,14H2,1-3H3,(H,22,25). The number of aryl methyl sites for hydroxylation is 1. The van der Waals surface area contributed by atoms with Gasteiger partial charge < -0.3 is 14.7 Å². The number of hydrogen-bond acceptors (Lipinski definition) is 4. The van der Waals surface area contributed by atoms with Crippen LogP contribution in [0.2, 0.25) is 0 Å². The summed E-state index contributed by atoms with van der Waals surface area (Å²) in [6.45, 7) is 2.55. The summed E-state index contributed by atoms with van der Waals surface area (Å²) in [5.74, 6) is 0.341.